The second-order valence-corrected chi connectivity index (χ2v) is 10.0. The van der Waals surface area contributed by atoms with Crippen LogP contribution in [0.25, 0.3) is 0 Å². The molecule has 5 nitrogen and oxygen atoms in total. The lowest BCUT2D eigenvalue weighted by molar-refractivity contribution is -0.139. The average Bonchev–Trinajstić information content (AvgIpc) is 2.94. The van der Waals surface area contributed by atoms with E-state index >= 15 is 0 Å². The fourth-order valence-corrected chi connectivity index (χ4v) is 5.69. The Morgan fingerprint density at radius 2 is 1.19 bits per heavy atom. The van der Waals surface area contributed by atoms with Crippen LogP contribution in [0.2, 0.25) is 5.02 Å². The minimum Gasteiger partial charge on any atom is -0.340 e. The molecule has 36 heavy (non-hydrogen) atoms. The number of likely N-dealkylation sites (tertiary alicyclic amines) is 1. The summed E-state index contributed by atoms with van der Waals surface area (Å²) in [6, 6.07) is 28.6. The quantitative estimate of drug-likeness (QED) is 0.487. The van der Waals surface area contributed by atoms with E-state index < -0.39 is 0 Å². The first-order chi connectivity index (χ1) is 17.6. The zero-order valence-corrected chi connectivity index (χ0v) is 21.2. The number of nitrogens with zero attached hydrogens (tertiary/aromatic N) is 3. The van der Waals surface area contributed by atoms with Crippen molar-refractivity contribution in [3.05, 3.63) is 107 Å². The van der Waals surface area contributed by atoms with Gasteiger partial charge in [-0.1, -0.05) is 84.4 Å². The Morgan fingerprint density at radius 3 is 1.75 bits per heavy atom. The van der Waals surface area contributed by atoms with Crippen molar-refractivity contribution in [2.45, 2.75) is 18.9 Å². The van der Waals surface area contributed by atoms with Gasteiger partial charge in [0.15, 0.2) is 0 Å². The summed E-state index contributed by atoms with van der Waals surface area (Å²) in [5.41, 5.74) is 3.09. The standard InChI is InChI=1S/C30H32ClN3O2/c31-27-14-8-7-13-26(27)30(36)33-17-15-25(16-18-33)29(35)34-21-19-32(20-22-34)28(23-9-3-1-4-10-23)24-11-5-2-6-12-24/h1-14,25,28H,15-22H2. The number of piperidine rings is 1. The molecule has 2 aliphatic heterocycles. The molecule has 0 saturated carbocycles. The summed E-state index contributed by atoms with van der Waals surface area (Å²) in [4.78, 5) is 32.6. The highest BCUT2D eigenvalue weighted by Crippen LogP contribution is 2.30. The number of rotatable bonds is 5. The second kappa shape index (κ2) is 11.3. The minimum absolute atomic E-state index is 0.0223. The van der Waals surface area contributed by atoms with Crippen molar-refractivity contribution >= 4 is 23.4 Å². The van der Waals surface area contributed by atoms with E-state index in [1.165, 1.54) is 11.1 Å². The Morgan fingerprint density at radius 1 is 0.667 bits per heavy atom. The topological polar surface area (TPSA) is 43.9 Å². The lowest BCUT2D eigenvalue weighted by Crippen LogP contribution is -2.52. The van der Waals surface area contributed by atoms with Crippen molar-refractivity contribution in [2.75, 3.05) is 39.3 Å². The van der Waals surface area contributed by atoms with Gasteiger partial charge in [0.25, 0.3) is 5.91 Å². The molecule has 5 rings (SSSR count). The van der Waals surface area contributed by atoms with Gasteiger partial charge in [-0.2, -0.15) is 0 Å². The normalized spacial score (nSPS) is 17.4. The molecule has 6 heteroatoms. The zero-order valence-electron chi connectivity index (χ0n) is 20.4. The van der Waals surface area contributed by atoms with Crippen LogP contribution in [0, 0.1) is 5.92 Å². The molecule has 0 radical (unpaired) electrons. The summed E-state index contributed by atoms with van der Waals surface area (Å²) in [6.45, 7) is 4.31. The fourth-order valence-electron chi connectivity index (χ4n) is 5.48. The smallest absolute Gasteiger partial charge is 0.255 e. The monoisotopic (exact) mass is 501 g/mol. The molecule has 0 atom stereocenters. The highest BCUT2D eigenvalue weighted by atomic mass is 35.5. The van der Waals surface area contributed by atoms with Crippen LogP contribution in [0.5, 0.6) is 0 Å². The predicted octanol–water partition coefficient (Wildman–Crippen LogP) is 5.13. The van der Waals surface area contributed by atoms with Gasteiger partial charge in [0.05, 0.1) is 16.6 Å². The average molecular weight is 502 g/mol. The first-order valence-electron chi connectivity index (χ1n) is 12.8. The van der Waals surface area contributed by atoms with E-state index in [0.29, 0.717) is 36.5 Å². The number of carbonyl (C=O) groups excluding carboxylic acids is 2. The molecular weight excluding hydrogens is 470 g/mol. The number of halogens is 1. The van der Waals surface area contributed by atoms with E-state index in [4.69, 9.17) is 11.6 Å². The summed E-state index contributed by atoms with van der Waals surface area (Å²) in [5.74, 6) is 0.161. The Balaban J connectivity index is 1.18. The van der Waals surface area contributed by atoms with Gasteiger partial charge in [0, 0.05) is 45.2 Å². The number of piperazine rings is 1. The predicted molar refractivity (Wildman–Crippen MR) is 143 cm³/mol. The van der Waals surface area contributed by atoms with E-state index in [9.17, 15) is 9.59 Å². The number of carbonyl (C=O) groups is 2. The molecule has 2 fully saturated rings. The van der Waals surface area contributed by atoms with Crippen LogP contribution in [-0.4, -0.2) is 65.8 Å². The highest BCUT2D eigenvalue weighted by molar-refractivity contribution is 6.33. The Bertz CT molecular complexity index is 1130. The summed E-state index contributed by atoms with van der Waals surface area (Å²) >= 11 is 6.22. The number of amides is 2. The highest BCUT2D eigenvalue weighted by Gasteiger charge is 2.34. The lowest BCUT2D eigenvalue weighted by Gasteiger charge is -2.41. The summed E-state index contributed by atoms with van der Waals surface area (Å²) in [5, 5.41) is 0.475. The van der Waals surface area contributed by atoms with Gasteiger partial charge in [-0.3, -0.25) is 14.5 Å². The van der Waals surface area contributed by atoms with E-state index in [1.54, 1.807) is 12.1 Å². The maximum absolute atomic E-state index is 13.4. The van der Waals surface area contributed by atoms with Crippen molar-refractivity contribution in [3.8, 4) is 0 Å². The van der Waals surface area contributed by atoms with E-state index in [0.717, 1.165) is 26.2 Å². The Hall–Kier alpha value is -3.15. The van der Waals surface area contributed by atoms with Crippen LogP contribution in [0.15, 0.2) is 84.9 Å². The molecule has 2 saturated heterocycles. The molecule has 2 aliphatic rings. The molecule has 3 aromatic carbocycles. The number of hydrogen-bond acceptors (Lipinski definition) is 3. The van der Waals surface area contributed by atoms with Crippen molar-refractivity contribution in [3.63, 3.8) is 0 Å². The molecule has 186 valence electrons. The SMILES string of the molecule is O=C(c1ccccc1Cl)N1CCC(C(=O)N2CCN(C(c3ccccc3)c3ccccc3)CC2)CC1. The molecule has 2 heterocycles. The summed E-state index contributed by atoms with van der Waals surface area (Å²) < 4.78 is 0. The molecule has 3 aromatic rings. The molecule has 2 amide bonds. The largest absolute Gasteiger partial charge is 0.340 e. The molecule has 0 aromatic heterocycles. The second-order valence-electron chi connectivity index (χ2n) is 9.63. The number of hydrogen-bond donors (Lipinski definition) is 0. The summed E-state index contributed by atoms with van der Waals surface area (Å²) in [6.07, 6.45) is 1.40. The maximum Gasteiger partial charge on any atom is 0.255 e. The zero-order chi connectivity index (χ0) is 24.9. The molecule has 0 aliphatic carbocycles. The lowest BCUT2D eigenvalue weighted by atomic mass is 9.94. The van der Waals surface area contributed by atoms with Gasteiger partial charge in [-0.05, 0) is 36.1 Å². The van der Waals surface area contributed by atoms with Crippen LogP contribution in [-0.2, 0) is 4.79 Å². The first kappa shape index (κ1) is 24.5. The van der Waals surface area contributed by atoms with Crippen molar-refractivity contribution in [2.24, 2.45) is 5.92 Å². The fraction of sp³-hybridized carbons (Fsp3) is 0.333. The van der Waals surface area contributed by atoms with Gasteiger partial charge in [0.2, 0.25) is 5.91 Å². The Labute approximate surface area is 218 Å². The van der Waals surface area contributed by atoms with Gasteiger partial charge < -0.3 is 9.80 Å². The van der Waals surface area contributed by atoms with Crippen molar-refractivity contribution in [1.29, 1.82) is 0 Å². The van der Waals surface area contributed by atoms with Gasteiger partial charge in [0.1, 0.15) is 0 Å². The van der Waals surface area contributed by atoms with Crippen LogP contribution in [0.1, 0.15) is 40.4 Å². The van der Waals surface area contributed by atoms with Gasteiger partial charge in [-0.15, -0.1) is 0 Å². The van der Waals surface area contributed by atoms with Gasteiger partial charge >= 0.3 is 0 Å². The van der Waals surface area contributed by atoms with Gasteiger partial charge in [-0.25, -0.2) is 0 Å². The van der Waals surface area contributed by atoms with Crippen LogP contribution in [0.3, 0.4) is 0 Å². The van der Waals surface area contributed by atoms with Crippen LogP contribution >= 0.6 is 11.6 Å². The van der Waals surface area contributed by atoms with E-state index in [2.05, 4.69) is 65.6 Å². The molecule has 0 unspecified atom stereocenters. The first-order valence-corrected chi connectivity index (χ1v) is 13.2. The third kappa shape index (κ3) is 5.32. The summed E-state index contributed by atoms with van der Waals surface area (Å²) in [7, 11) is 0. The third-order valence-corrected chi connectivity index (χ3v) is 7.79. The molecule has 0 bridgehead atoms. The third-order valence-electron chi connectivity index (χ3n) is 7.46. The van der Waals surface area contributed by atoms with Crippen molar-refractivity contribution < 1.29 is 9.59 Å². The maximum atomic E-state index is 13.4. The minimum atomic E-state index is -0.0482. The molecular formula is C30H32ClN3O2. The van der Waals surface area contributed by atoms with Crippen molar-refractivity contribution in [1.82, 2.24) is 14.7 Å². The molecule has 0 N–H and O–H groups in total. The molecule has 0 spiro atoms. The Kier molecular flexibility index (Phi) is 7.69. The van der Waals surface area contributed by atoms with E-state index in [1.807, 2.05) is 21.9 Å². The van der Waals surface area contributed by atoms with Crippen LogP contribution in [0.4, 0.5) is 0 Å². The van der Waals surface area contributed by atoms with E-state index in [-0.39, 0.29) is 23.8 Å². The number of benzene rings is 3. The van der Waals surface area contributed by atoms with Crippen LogP contribution < -0.4 is 0 Å².